The second-order valence-corrected chi connectivity index (χ2v) is 9.66. The highest BCUT2D eigenvalue weighted by atomic mass is 16.4. The summed E-state index contributed by atoms with van der Waals surface area (Å²) in [6.45, 7) is 9.86. The van der Waals surface area contributed by atoms with Crippen LogP contribution in [0.3, 0.4) is 0 Å². The lowest BCUT2D eigenvalue weighted by Crippen LogP contribution is -2.46. The Balaban J connectivity index is 1.35. The van der Waals surface area contributed by atoms with Crippen LogP contribution in [0.5, 0.6) is 0 Å². The largest absolute Gasteiger partial charge is 0.478 e. The van der Waals surface area contributed by atoms with Crippen molar-refractivity contribution in [2.24, 2.45) is 0 Å². The molecule has 2 N–H and O–H groups in total. The molecule has 3 aromatic carbocycles. The van der Waals surface area contributed by atoms with Crippen LogP contribution in [0, 0.1) is 0 Å². The van der Waals surface area contributed by atoms with Gasteiger partial charge in [-0.15, -0.1) is 0 Å². The number of carboxylic acid groups (broad SMARTS) is 1. The molecule has 34 heavy (non-hydrogen) atoms. The fraction of sp³-hybridized carbons (Fsp3) is 0.286. The Morgan fingerprint density at radius 2 is 1.26 bits per heavy atom. The predicted octanol–water partition coefficient (Wildman–Crippen LogP) is 5.26. The van der Waals surface area contributed by atoms with Gasteiger partial charge in [0.1, 0.15) is 0 Å². The number of benzene rings is 3. The summed E-state index contributed by atoms with van der Waals surface area (Å²) in [6, 6.07) is 22.7. The Morgan fingerprint density at radius 1 is 0.765 bits per heavy atom. The minimum atomic E-state index is -0.910. The molecule has 6 heteroatoms. The van der Waals surface area contributed by atoms with E-state index < -0.39 is 5.97 Å². The molecule has 1 amide bonds. The quantitative estimate of drug-likeness (QED) is 0.547. The number of aromatic carboxylic acids is 1. The fourth-order valence-corrected chi connectivity index (χ4v) is 4.13. The molecule has 176 valence electrons. The van der Waals surface area contributed by atoms with Gasteiger partial charge in [-0.25, -0.2) is 4.79 Å². The lowest BCUT2D eigenvalue weighted by atomic mass is 9.87. The summed E-state index contributed by atoms with van der Waals surface area (Å²) in [5.41, 5.74) is 5.05. The molecule has 0 aliphatic carbocycles. The summed E-state index contributed by atoms with van der Waals surface area (Å²) >= 11 is 0. The molecular weight excluding hydrogens is 426 g/mol. The average Bonchev–Trinajstić information content (AvgIpc) is 2.84. The highest BCUT2D eigenvalue weighted by Crippen LogP contribution is 2.25. The number of amides is 1. The molecule has 0 aromatic heterocycles. The third-order valence-electron chi connectivity index (χ3n) is 6.24. The molecule has 4 rings (SSSR count). The van der Waals surface area contributed by atoms with Crippen LogP contribution in [0.25, 0.3) is 0 Å². The Bertz CT molecular complexity index is 1160. The van der Waals surface area contributed by atoms with Crippen LogP contribution in [0.1, 0.15) is 47.1 Å². The Kier molecular flexibility index (Phi) is 6.59. The standard InChI is InChI=1S/C28H31N3O3/c1-28(2,3)22-5-4-6-23(19-22)29-26(32)20-7-11-24(12-8-20)30-15-17-31(18-16-30)25-13-9-21(10-14-25)27(33)34/h4-14,19H,15-18H2,1-3H3,(H,29,32)(H,33,34). The maximum atomic E-state index is 12.8. The van der Waals surface area contributed by atoms with Crippen molar-refractivity contribution in [3.05, 3.63) is 89.5 Å². The first-order chi connectivity index (χ1) is 16.2. The molecule has 0 spiro atoms. The van der Waals surface area contributed by atoms with Crippen LogP contribution >= 0.6 is 0 Å². The number of nitrogens with one attached hydrogen (secondary N) is 1. The van der Waals surface area contributed by atoms with Gasteiger partial charge in [0.2, 0.25) is 0 Å². The number of hydrogen-bond donors (Lipinski definition) is 2. The number of anilines is 3. The van der Waals surface area contributed by atoms with Crippen molar-refractivity contribution < 1.29 is 14.7 Å². The first kappa shape index (κ1) is 23.4. The molecule has 0 atom stereocenters. The first-order valence-electron chi connectivity index (χ1n) is 11.6. The van der Waals surface area contributed by atoms with Gasteiger partial charge in [0, 0.05) is 48.8 Å². The summed E-state index contributed by atoms with van der Waals surface area (Å²) < 4.78 is 0. The minimum Gasteiger partial charge on any atom is -0.478 e. The van der Waals surface area contributed by atoms with Gasteiger partial charge in [-0.2, -0.15) is 0 Å². The maximum absolute atomic E-state index is 12.8. The van der Waals surface area contributed by atoms with E-state index in [2.05, 4.69) is 42.0 Å². The molecule has 1 aliphatic rings. The average molecular weight is 458 g/mol. The number of carbonyl (C=O) groups excluding carboxylic acids is 1. The van der Waals surface area contributed by atoms with Gasteiger partial charge in [-0.05, 0) is 71.6 Å². The van der Waals surface area contributed by atoms with Crippen molar-refractivity contribution in [3.63, 3.8) is 0 Å². The van der Waals surface area contributed by atoms with E-state index in [1.807, 2.05) is 54.6 Å². The Hall–Kier alpha value is -3.80. The van der Waals surface area contributed by atoms with Gasteiger partial charge in [-0.1, -0.05) is 32.9 Å². The zero-order valence-electron chi connectivity index (χ0n) is 19.9. The molecule has 0 saturated carbocycles. The lowest BCUT2D eigenvalue weighted by molar-refractivity contribution is 0.0696. The van der Waals surface area contributed by atoms with E-state index in [0.717, 1.165) is 43.2 Å². The van der Waals surface area contributed by atoms with Gasteiger partial charge in [-0.3, -0.25) is 4.79 Å². The lowest BCUT2D eigenvalue weighted by Gasteiger charge is -2.37. The van der Waals surface area contributed by atoms with Gasteiger partial charge >= 0.3 is 5.97 Å². The van der Waals surface area contributed by atoms with Crippen LogP contribution in [0.15, 0.2) is 72.8 Å². The van der Waals surface area contributed by atoms with Crippen LogP contribution in [0.4, 0.5) is 17.1 Å². The van der Waals surface area contributed by atoms with E-state index in [-0.39, 0.29) is 11.3 Å². The van der Waals surface area contributed by atoms with E-state index >= 15 is 0 Å². The molecule has 0 bridgehead atoms. The smallest absolute Gasteiger partial charge is 0.335 e. The summed E-state index contributed by atoms with van der Waals surface area (Å²) in [5, 5.41) is 12.1. The van der Waals surface area contributed by atoms with Crippen molar-refractivity contribution in [1.29, 1.82) is 0 Å². The highest BCUT2D eigenvalue weighted by molar-refractivity contribution is 6.04. The monoisotopic (exact) mass is 457 g/mol. The number of nitrogens with zero attached hydrogens (tertiary/aromatic N) is 2. The summed E-state index contributed by atoms with van der Waals surface area (Å²) in [5.74, 6) is -1.03. The van der Waals surface area contributed by atoms with Crippen LogP contribution in [0.2, 0.25) is 0 Å². The zero-order valence-corrected chi connectivity index (χ0v) is 19.9. The molecule has 1 fully saturated rings. The second-order valence-electron chi connectivity index (χ2n) is 9.66. The summed E-state index contributed by atoms with van der Waals surface area (Å²) in [7, 11) is 0. The van der Waals surface area contributed by atoms with E-state index in [9.17, 15) is 9.59 Å². The number of carbonyl (C=O) groups is 2. The third-order valence-corrected chi connectivity index (χ3v) is 6.24. The van der Waals surface area contributed by atoms with Crippen molar-refractivity contribution in [2.75, 3.05) is 41.3 Å². The van der Waals surface area contributed by atoms with Crippen molar-refractivity contribution in [1.82, 2.24) is 0 Å². The molecule has 1 saturated heterocycles. The minimum absolute atomic E-state index is 0.0222. The SMILES string of the molecule is CC(C)(C)c1cccc(NC(=O)c2ccc(N3CCN(c4ccc(C(=O)O)cc4)CC3)cc2)c1. The fourth-order valence-electron chi connectivity index (χ4n) is 4.13. The maximum Gasteiger partial charge on any atom is 0.335 e. The van der Waals surface area contributed by atoms with Crippen molar-refractivity contribution in [2.45, 2.75) is 26.2 Å². The topological polar surface area (TPSA) is 72.9 Å². The van der Waals surface area contributed by atoms with Gasteiger partial charge in [0.05, 0.1) is 5.56 Å². The molecule has 6 nitrogen and oxygen atoms in total. The molecule has 1 aliphatic heterocycles. The van der Waals surface area contributed by atoms with Crippen molar-refractivity contribution in [3.8, 4) is 0 Å². The molecule has 0 radical (unpaired) electrons. The second kappa shape index (κ2) is 9.59. The number of hydrogen-bond acceptors (Lipinski definition) is 4. The van der Waals surface area contributed by atoms with E-state index in [1.54, 1.807) is 12.1 Å². The number of rotatable bonds is 5. The van der Waals surface area contributed by atoms with Crippen LogP contribution in [-0.4, -0.2) is 43.2 Å². The van der Waals surface area contributed by atoms with Crippen LogP contribution < -0.4 is 15.1 Å². The van der Waals surface area contributed by atoms with Crippen LogP contribution in [-0.2, 0) is 5.41 Å². The zero-order chi connectivity index (χ0) is 24.3. The number of carboxylic acids is 1. The van der Waals surface area contributed by atoms with Crippen molar-refractivity contribution >= 4 is 28.9 Å². The van der Waals surface area contributed by atoms with Gasteiger partial charge in [0.15, 0.2) is 0 Å². The molecule has 3 aromatic rings. The third kappa shape index (κ3) is 5.39. The Labute approximate surface area is 200 Å². The normalized spacial score (nSPS) is 14.1. The highest BCUT2D eigenvalue weighted by Gasteiger charge is 2.19. The van der Waals surface area contributed by atoms with Gasteiger partial charge < -0.3 is 20.2 Å². The summed E-state index contributed by atoms with van der Waals surface area (Å²) in [6.07, 6.45) is 0. The predicted molar refractivity (Wildman–Crippen MR) is 137 cm³/mol. The molecular formula is C28H31N3O3. The molecule has 0 unspecified atom stereocenters. The van der Waals surface area contributed by atoms with E-state index in [4.69, 9.17) is 5.11 Å². The number of piperazine rings is 1. The van der Waals surface area contributed by atoms with E-state index in [1.165, 1.54) is 5.56 Å². The molecule has 1 heterocycles. The first-order valence-corrected chi connectivity index (χ1v) is 11.6. The van der Waals surface area contributed by atoms with E-state index in [0.29, 0.717) is 11.1 Å². The summed E-state index contributed by atoms with van der Waals surface area (Å²) in [4.78, 5) is 28.4. The Morgan fingerprint density at radius 3 is 1.74 bits per heavy atom. The van der Waals surface area contributed by atoms with Gasteiger partial charge in [0.25, 0.3) is 5.91 Å².